The molecule has 0 bridgehead atoms. The highest BCUT2D eigenvalue weighted by atomic mass is 16.6. The number of aryl methyl sites for hydroxylation is 1. The number of carboxylic acid groups (broad SMARTS) is 1. The fraction of sp³-hybridized carbons (Fsp3) is 0.583. The summed E-state index contributed by atoms with van der Waals surface area (Å²) in [6.07, 6.45) is 0. The van der Waals surface area contributed by atoms with Crippen LogP contribution in [0.25, 0.3) is 0 Å². The van der Waals surface area contributed by atoms with Crippen molar-refractivity contribution in [3.8, 4) is 0 Å². The van der Waals surface area contributed by atoms with Crippen molar-refractivity contribution in [2.24, 2.45) is 0 Å². The molecule has 0 spiro atoms. The number of likely N-dealkylation sites (N-methyl/N-ethyl adjacent to an activating group) is 1. The Labute approximate surface area is 121 Å². The molecule has 9 nitrogen and oxygen atoms in total. The van der Waals surface area contributed by atoms with Gasteiger partial charge in [-0.1, -0.05) is 0 Å². The molecule has 0 aromatic carbocycles. The average Bonchev–Trinajstić information content (AvgIpc) is 2.62. The minimum absolute atomic E-state index is 0.136. The van der Waals surface area contributed by atoms with E-state index in [4.69, 9.17) is 5.11 Å². The molecule has 1 amide bonds. The number of hydrogen-bond donors (Lipinski definition) is 1. The first kappa shape index (κ1) is 16.6. The molecule has 1 rings (SSSR count). The summed E-state index contributed by atoms with van der Waals surface area (Å²) in [7, 11) is 1.37. The minimum atomic E-state index is -1.38. The summed E-state index contributed by atoms with van der Waals surface area (Å²) < 4.78 is 1.21. The van der Waals surface area contributed by atoms with E-state index < -0.39 is 22.3 Å². The van der Waals surface area contributed by atoms with Crippen LogP contribution >= 0.6 is 0 Å². The number of amides is 1. The smallest absolute Gasteiger partial charge is 0.329 e. The van der Waals surface area contributed by atoms with E-state index in [1.54, 1.807) is 0 Å². The van der Waals surface area contributed by atoms with Crippen LogP contribution in [0.5, 0.6) is 0 Å². The highest BCUT2D eigenvalue weighted by Gasteiger charge is 2.35. The molecule has 0 unspecified atom stereocenters. The van der Waals surface area contributed by atoms with Crippen LogP contribution in [-0.4, -0.2) is 49.2 Å². The van der Waals surface area contributed by atoms with Crippen LogP contribution in [0.15, 0.2) is 0 Å². The number of carbonyl (C=O) groups excluding carboxylic acids is 1. The van der Waals surface area contributed by atoms with Crippen LogP contribution in [0.1, 0.15) is 25.2 Å². The first-order valence-electron chi connectivity index (χ1n) is 6.18. The largest absolute Gasteiger partial charge is 0.480 e. The predicted octanol–water partition coefficient (Wildman–Crippen LogP) is 0.730. The van der Waals surface area contributed by atoms with Gasteiger partial charge in [0.05, 0.1) is 4.92 Å². The molecule has 0 aliphatic heterocycles. The number of aliphatic carboxylic acids is 1. The van der Waals surface area contributed by atoms with Gasteiger partial charge in [0, 0.05) is 7.05 Å². The van der Waals surface area contributed by atoms with E-state index in [2.05, 4.69) is 5.10 Å². The molecule has 1 heterocycles. The van der Waals surface area contributed by atoms with Crippen LogP contribution < -0.4 is 0 Å². The third-order valence-corrected chi connectivity index (χ3v) is 3.55. The van der Waals surface area contributed by atoms with Gasteiger partial charge in [0.15, 0.2) is 0 Å². The van der Waals surface area contributed by atoms with E-state index in [-0.39, 0.29) is 23.6 Å². The Hall–Kier alpha value is -2.45. The third-order valence-electron chi connectivity index (χ3n) is 3.55. The van der Waals surface area contributed by atoms with Crippen molar-refractivity contribution in [1.82, 2.24) is 14.7 Å². The molecule has 1 aromatic heterocycles. The van der Waals surface area contributed by atoms with Crippen molar-refractivity contribution in [3.63, 3.8) is 0 Å². The van der Waals surface area contributed by atoms with Gasteiger partial charge in [-0.05, 0) is 27.7 Å². The highest BCUT2D eigenvalue weighted by molar-refractivity contribution is 5.86. The zero-order valence-electron chi connectivity index (χ0n) is 12.6. The van der Waals surface area contributed by atoms with Crippen molar-refractivity contribution in [1.29, 1.82) is 0 Å². The van der Waals surface area contributed by atoms with Crippen LogP contribution in [-0.2, 0) is 16.1 Å². The second kappa shape index (κ2) is 5.51. The standard InChI is InChI=1S/C12H18N4O5/c1-7-10(16(20)21)8(2)15(13-7)6-9(17)14(5)12(3,4)11(18)19/h6H2,1-5H3,(H,18,19). The lowest BCUT2D eigenvalue weighted by Crippen LogP contribution is -2.51. The van der Waals surface area contributed by atoms with E-state index in [0.717, 1.165) is 4.90 Å². The molecule has 21 heavy (non-hydrogen) atoms. The summed E-state index contributed by atoms with van der Waals surface area (Å²) in [4.78, 5) is 34.7. The van der Waals surface area contributed by atoms with Crippen molar-refractivity contribution < 1.29 is 19.6 Å². The zero-order valence-corrected chi connectivity index (χ0v) is 12.6. The molecule has 0 saturated carbocycles. The van der Waals surface area contributed by atoms with E-state index in [1.165, 1.54) is 39.4 Å². The van der Waals surface area contributed by atoms with Crippen molar-refractivity contribution >= 4 is 17.6 Å². The fourth-order valence-electron chi connectivity index (χ4n) is 1.80. The van der Waals surface area contributed by atoms with Gasteiger partial charge in [-0.25, -0.2) is 4.79 Å². The van der Waals surface area contributed by atoms with Crippen molar-refractivity contribution in [3.05, 3.63) is 21.5 Å². The maximum Gasteiger partial charge on any atom is 0.329 e. The highest BCUT2D eigenvalue weighted by Crippen LogP contribution is 2.22. The summed E-state index contributed by atoms with van der Waals surface area (Å²) in [5.41, 5.74) is -1.04. The quantitative estimate of drug-likeness (QED) is 0.632. The summed E-state index contributed by atoms with van der Waals surface area (Å²) in [6, 6.07) is 0. The Morgan fingerprint density at radius 1 is 1.43 bits per heavy atom. The van der Waals surface area contributed by atoms with Gasteiger partial charge in [-0.15, -0.1) is 0 Å². The Balaban J connectivity index is 3.03. The monoisotopic (exact) mass is 298 g/mol. The van der Waals surface area contributed by atoms with E-state index in [1.807, 2.05) is 0 Å². The number of nitrogens with zero attached hydrogens (tertiary/aromatic N) is 4. The average molecular weight is 298 g/mol. The number of carboxylic acids is 1. The maximum atomic E-state index is 12.1. The Morgan fingerprint density at radius 2 is 1.95 bits per heavy atom. The molecule has 116 valence electrons. The first-order valence-corrected chi connectivity index (χ1v) is 6.18. The molecular formula is C12H18N4O5. The number of rotatable bonds is 5. The molecule has 0 aliphatic carbocycles. The molecule has 0 fully saturated rings. The first-order chi connectivity index (χ1) is 9.50. The van der Waals surface area contributed by atoms with E-state index in [0.29, 0.717) is 0 Å². The zero-order chi connectivity index (χ0) is 16.5. The number of nitro groups is 1. The molecule has 1 aromatic rings. The predicted molar refractivity (Wildman–Crippen MR) is 72.8 cm³/mol. The van der Waals surface area contributed by atoms with Crippen LogP contribution in [0.2, 0.25) is 0 Å². The van der Waals surface area contributed by atoms with Gasteiger partial charge in [0.25, 0.3) is 0 Å². The van der Waals surface area contributed by atoms with E-state index in [9.17, 15) is 19.7 Å². The topological polar surface area (TPSA) is 119 Å². The third kappa shape index (κ3) is 3.01. The van der Waals surface area contributed by atoms with Crippen molar-refractivity contribution in [2.45, 2.75) is 39.8 Å². The molecular weight excluding hydrogens is 280 g/mol. The second-order valence-corrected chi connectivity index (χ2v) is 5.25. The molecule has 0 radical (unpaired) electrons. The van der Waals surface area contributed by atoms with Crippen LogP contribution in [0, 0.1) is 24.0 Å². The van der Waals surface area contributed by atoms with Gasteiger partial charge in [0.1, 0.15) is 23.5 Å². The Bertz CT molecular complexity index is 605. The van der Waals surface area contributed by atoms with Gasteiger partial charge >= 0.3 is 11.7 Å². The van der Waals surface area contributed by atoms with Crippen LogP contribution in [0.3, 0.4) is 0 Å². The molecule has 1 N–H and O–H groups in total. The number of aromatic nitrogens is 2. The molecule has 0 atom stereocenters. The molecule has 9 heteroatoms. The van der Waals surface area contributed by atoms with Gasteiger partial charge in [-0.2, -0.15) is 5.10 Å². The van der Waals surface area contributed by atoms with Crippen molar-refractivity contribution in [2.75, 3.05) is 7.05 Å². The number of carbonyl (C=O) groups is 2. The normalized spacial score (nSPS) is 11.3. The SMILES string of the molecule is Cc1nn(CC(=O)N(C)C(C)(C)C(=O)O)c(C)c1[N+](=O)[O-]. The lowest BCUT2D eigenvalue weighted by Gasteiger charge is -2.31. The second-order valence-electron chi connectivity index (χ2n) is 5.25. The Kier molecular flexibility index (Phi) is 4.35. The molecule has 0 saturated heterocycles. The lowest BCUT2D eigenvalue weighted by molar-refractivity contribution is -0.386. The summed E-state index contributed by atoms with van der Waals surface area (Å²) in [5.74, 6) is -1.64. The maximum absolute atomic E-state index is 12.1. The lowest BCUT2D eigenvalue weighted by atomic mass is 10.0. The fourth-order valence-corrected chi connectivity index (χ4v) is 1.80. The summed E-state index contributed by atoms with van der Waals surface area (Å²) >= 11 is 0. The van der Waals surface area contributed by atoms with Gasteiger partial charge in [0.2, 0.25) is 5.91 Å². The summed E-state index contributed by atoms with van der Waals surface area (Å²) in [5, 5.41) is 24.0. The molecule has 0 aliphatic rings. The van der Waals surface area contributed by atoms with Gasteiger partial charge in [-0.3, -0.25) is 19.6 Å². The van der Waals surface area contributed by atoms with Gasteiger partial charge < -0.3 is 10.0 Å². The number of hydrogen-bond acceptors (Lipinski definition) is 5. The Morgan fingerprint density at radius 3 is 2.33 bits per heavy atom. The van der Waals surface area contributed by atoms with E-state index >= 15 is 0 Å². The summed E-state index contributed by atoms with van der Waals surface area (Å²) in [6.45, 7) is 5.52. The van der Waals surface area contributed by atoms with Crippen LogP contribution in [0.4, 0.5) is 5.69 Å². The minimum Gasteiger partial charge on any atom is -0.480 e.